The van der Waals surface area contributed by atoms with Crippen LogP contribution in [0, 0.1) is 10.1 Å². The van der Waals surface area contributed by atoms with E-state index in [1.54, 1.807) is 25.1 Å². The summed E-state index contributed by atoms with van der Waals surface area (Å²) in [6.45, 7) is 1.43. The fourth-order valence-electron chi connectivity index (χ4n) is 2.46. The van der Waals surface area contributed by atoms with E-state index in [0.29, 0.717) is 15.6 Å². The molecule has 2 N–H and O–H groups in total. The number of hydrogen-bond donors (Lipinski definition) is 2. The van der Waals surface area contributed by atoms with Gasteiger partial charge in [-0.05, 0) is 36.8 Å². The van der Waals surface area contributed by atoms with Gasteiger partial charge in [0.1, 0.15) is 0 Å². The van der Waals surface area contributed by atoms with Crippen LogP contribution in [0.4, 0.5) is 5.69 Å². The molecule has 2 amide bonds. The normalized spacial score (nSPS) is 11.4. The zero-order chi connectivity index (χ0) is 20.8. The van der Waals surface area contributed by atoms with Crippen LogP contribution in [0.2, 0.25) is 10.0 Å². The van der Waals surface area contributed by atoms with Crippen LogP contribution in [0.1, 0.15) is 28.9 Å². The number of methoxy groups -OCH3 is 1. The molecule has 0 heterocycles. The number of benzene rings is 2. The summed E-state index contributed by atoms with van der Waals surface area (Å²) in [6.07, 6.45) is 0. The summed E-state index contributed by atoms with van der Waals surface area (Å²) in [5.41, 5.74) is 0.372. The van der Waals surface area contributed by atoms with E-state index in [1.165, 1.54) is 19.2 Å². The van der Waals surface area contributed by atoms with Crippen molar-refractivity contribution < 1.29 is 19.2 Å². The number of rotatable bonds is 7. The van der Waals surface area contributed by atoms with E-state index in [1.807, 2.05) is 0 Å². The molecule has 0 aliphatic rings. The molecule has 2 aromatic rings. The van der Waals surface area contributed by atoms with E-state index >= 15 is 0 Å². The topological polar surface area (TPSA) is 111 Å². The van der Waals surface area contributed by atoms with Gasteiger partial charge in [0.25, 0.3) is 5.91 Å². The lowest BCUT2D eigenvalue weighted by Crippen LogP contribution is -2.38. The number of halogens is 2. The van der Waals surface area contributed by atoms with Crippen LogP contribution < -0.4 is 15.4 Å². The number of nitro benzene ring substituents is 1. The predicted molar refractivity (Wildman–Crippen MR) is 105 cm³/mol. The van der Waals surface area contributed by atoms with Crippen molar-refractivity contribution in [1.82, 2.24) is 10.6 Å². The van der Waals surface area contributed by atoms with E-state index < -0.39 is 22.8 Å². The number of hydrogen-bond acceptors (Lipinski definition) is 5. The average Bonchev–Trinajstić information content (AvgIpc) is 2.65. The van der Waals surface area contributed by atoms with Crippen LogP contribution in [0.5, 0.6) is 5.75 Å². The molecule has 0 fully saturated rings. The summed E-state index contributed by atoms with van der Waals surface area (Å²) in [6, 6.07) is 8.29. The van der Waals surface area contributed by atoms with Crippen LogP contribution in [0.15, 0.2) is 36.4 Å². The van der Waals surface area contributed by atoms with Crippen LogP contribution in [0.25, 0.3) is 0 Å². The van der Waals surface area contributed by atoms with Crippen molar-refractivity contribution in [1.29, 1.82) is 0 Å². The standard InChI is InChI=1S/C18H17Cl2N3O5/c1-10(13-5-4-12(19)8-14(13)20)22-17(24)9-21-18(25)11-3-6-16(28-2)15(7-11)23(26)27/h3-8,10H,9H2,1-2H3,(H,21,25)(H,22,24). The van der Waals surface area contributed by atoms with Crippen molar-refractivity contribution >= 4 is 40.7 Å². The molecule has 0 aromatic heterocycles. The van der Waals surface area contributed by atoms with Crippen molar-refractivity contribution in [2.45, 2.75) is 13.0 Å². The van der Waals surface area contributed by atoms with Crippen molar-refractivity contribution in [3.8, 4) is 5.75 Å². The summed E-state index contributed by atoms with van der Waals surface area (Å²) in [5, 5.41) is 17.0. The molecule has 10 heteroatoms. The molecular weight excluding hydrogens is 409 g/mol. The number of carbonyl (C=O) groups excluding carboxylic acids is 2. The molecule has 1 unspecified atom stereocenters. The van der Waals surface area contributed by atoms with Crippen molar-refractivity contribution in [3.05, 3.63) is 67.7 Å². The molecule has 0 bridgehead atoms. The molecule has 0 spiro atoms. The maximum atomic E-state index is 12.2. The Kier molecular flexibility index (Phi) is 7.19. The number of nitro groups is 1. The van der Waals surface area contributed by atoms with Crippen molar-refractivity contribution in [2.24, 2.45) is 0 Å². The number of amides is 2. The highest BCUT2D eigenvalue weighted by Crippen LogP contribution is 2.28. The minimum absolute atomic E-state index is 0.0351. The first-order chi connectivity index (χ1) is 13.2. The van der Waals surface area contributed by atoms with Gasteiger partial charge in [0, 0.05) is 21.7 Å². The lowest BCUT2D eigenvalue weighted by molar-refractivity contribution is -0.385. The number of nitrogens with zero attached hydrogens (tertiary/aromatic N) is 1. The van der Waals surface area contributed by atoms with Gasteiger partial charge < -0.3 is 15.4 Å². The lowest BCUT2D eigenvalue weighted by atomic mass is 10.1. The van der Waals surface area contributed by atoms with Gasteiger partial charge >= 0.3 is 5.69 Å². The van der Waals surface area contributed by atoms with Crippen LogP contribution in [0.3, 0.4) is 0 Å². The highest BCUT2D eigenvalue weighted by Gasteiger charge is 2.19. The molecule has 148 valence electrons. The first kappa shape index (κ1) is 21.5. The summed E-state index contributed by atoms with van der Waals surface area (Å²) in [5.74, 6) is -1.04. The highest BCUT2D eigenvalue weighted by molar-refractivity contribution is 6.35. The number of carbonyl (C=O) groups is 2. The number of nitrogens with one attached hydrogen (secondary N) is 2. The molecule has 0 radical (unpaired) electrons. The molecule has 8 nitrogen and oxygen atoms in total. The largest absolute Gasteiger partial charge is 0.490 e. The fraction of sp³-hybridized carbons (Fsp3) is 0.222. The van der Waals surface area contributed by atoms with Gasteiger partial charge in [-0.1, -0.05) is 29.3 Å². The molecule has 0 aliphatic heterocycles. The average molecular weight is 426 g/mol. The second kappa shape index (κ2) is 9.38. The Bertz CT molecular complexity index is 920. The monoisotopic (exact) mass is 425 g/mol. The maximum absolute atomic E-state index is 12.2. The zero-order valence-electron chi connectivity index (χ0n) is 15.0. The van der Waals surface area contributed by atoms with E-state index in [9.17, 15) is 19.7 Å². The Morgan fingerprint density at radius 1 is 1.21 bits per heavy atom. The summed E-state index contributed by atoms with van der Waals surface area (Å²) in [4.78, 5) is 34.7. The predicted octanol–water partition coefficient (Wildman–Crippen LogP) is 3.52. The molecule has 28 heavy (non-hydrogen) atoms. The Hall–Kier alpha value is -2.84. The van der Waals surface area contributed by atoms with Gasteiger partial charge in [0.15, 0.2) is 5.75 Å². The third-order valence-corrected chi connectivity index (χ3v) is 4.42. The first-order valence-corrected chi connectivity index (χ1v) is 8.83. The highest BCUT2D eigenvalue weighted by atomic mass is 35.5. The van der Waals surface area contributed by atoms with E-state index in [-0.39, 0.29) is 23.5 Å². The molecule has 1 atom stereocenters. The van der Waals surface area contributed by atoms with Gasteiger partial charge in [0.2, 0.25) is 5.91 Å². The van der Waals surface area contributed by atoms with E-state index in [4.69, 9.17) is 27.9 Å². The fourth-order valence-corrected chi connectivity index (χ4v) is 3.03. The summed E-state index contributed by atoms with van der Waals surface area (Å²) < 4.78 is 4.89. The SMILES string of the molecule is COc1ccc(C(=O)NCC(=O)NC(C)c2ccc(Cl)cc2Cl)cc1[N+](=O)[O-]. The van der Waals surface area contributed by atoms with Gasteiger partial charge in [-0.15, -0.1) is 0 Å². The smallest absolute Gasteiger partial charge is 0.311 e. The minimum atomic E-state index is -0.653. The Labute approximate surface area is 170 Å². The van der Waals surface area contributed by atoms with E-state index in [0.717, 1.165) is 6.07 Å². The second-order valence-electron chi connectivity index (χ2n) is 5.78. The quantitative estimate of drug-likeness (QED) is 0.520. The Morgan fingerprint density at radius 3 is 2.54 bits per heavy atom. The molecule has 2 rings (SSSR count). The summed E-state index contributed by atoms with van der Waals surface area (Å²) >= 11 is 12.0. The van der Waals surface area contributed by atoms with Crippen LogP contribution in [-0.2, 0) is 4.79 Å². The van der Waals surface area contributed by atoms with Crippen LogP contribution in [-0.4, -0.2) is 30.4 Å². The molecule has 0 saturated heterocycles. The van der Waals surface area contributed by atoms with Gasteiger partial charge in [-0.2, -0.15) is 0 Å². The van der Waals surface area contributed by atoms with Crippen molar-refractivity contribution in [2.75, 3.05) is 13.7 Å². The molecule has 0 aliphatic carbocycles. The summed E-state index contributed by atoms with van der Waals surface area (Å²) in [7, 11) is 1.29. The number of ether oxygens (including phenoxy) is 1. The van der Waals surface area contributed by atoms with Gasteiger partial charge in [-0.3, -0.25) is 19.7 Å². The van der Waals surface area contributed by atoms with Gasteiger partial charge in [-0.25, -0.2) is 0 Å². The maximum Gasteiger partial charge on any atom is 0.311 e. The molecular formula is C18H17Cl2N3O5. The zero-order valence-corrected chi connectivity index (χ0v) is 16.5. The van der Waals surface area contributed by atoms with Gasteiger partial charge in [0.05, 0.1) is 24.6 Å². The first-order valence-electron chi connectivity index (χ1n) is 8.08. The van der Waals surface area contributed by atoms with Crippen LogP contribution >= 0.6 is 23.2 Å². The molecule has 0 saturated carbocycles. The minimum Gasteiger partial charge on any atom is -0.490 e. The molecule has 2 aromatic carbocycles. The third kappa shape index (κ3) is 5.34. The Balaban J connectivity index is 1.98. The van der Waals surface area contributed by atoms with E-state index in [2.05, 4.69) is 10.6 Å². The lowest BCUT2D eigenvalue weighted by Gasteiger charge is -2.16. The van der Waals surface area contributed by atoms with Crippen molar-refractivity contribution in [3.63, 3.8) is 0 Å². The second-order valence-corrected chi connectivity index (χ2v) is 6.63. The Morgan fingerprint density at radius 2 is 1.93 bits per heavy atom. The third-order valence-electron chi connectivity index (χ3n) is 3.85.